The van der Waals surface area contributed by atoms with Crippen LogP contribution in [0.15, 0.2) is 0 Å². The van der Waals surface area contributed by atoms with E-state index in [0.29, 0.717) is 43.6 Å². The van der Waals surface area contributed by atoms with Gasteiger partial charge in [-0.25, -0.2) is 0 Å². The zero-order valence-corrected chi connectivity index (χ0v) is 16.0. The molecule has 0 spiro atoms. The van der Waals surface area contributed by atoms with Crippen LogP contribution >= 0.6 is 0 Å². The van der Waals surface area contributed by atoms with Crippen molar-refractivity contribution >= 4 is 11.7 Å². The topological polar surface area (TPSA) is 95.7 Å². The van der Waals surface area contributed by atoms with Crippen molar-refractivity contribution in [2.24, 2.45) is 11.8 Å². The third kappa shape index (κ3) is 3.42. The fourth-order valence-corrected chi connectivity index (χ4v) is 4.68. The van der Waals surface area contributed by atoms with Gasteiger partial charge in [-0.05, 0) is 52.4 Å². The average molecular weight is 363 g/mol. The van der Waals surface area contributed by atoms with Gasteiger partial charge in [0.1, 0.15) is 0 Å². The summed E-state index contributed by atoms with van der Waals surface area (Å²) in [5, 5.41) is 24.2. The molecule has 7 heteroatoms. The van der Waals surface area contributed by atoms with Crippen molar-refractivity contribution in [3.63, 3.8) is 0 Å². The number of aromatic nitrogens is 2. The minimum absolute atomic E-state index is 0.00879. The number of ketones is 1. The minimum atomic E-state index is -0.676. The van der Waals surface area contributed by atoms with E-state index in [4.69, 9.17) is 0 Å². The Morgan fingerprint density at radius 1 is 1.15 bits per heavy atom. The second-order valence-electron chi connectivity index (χ2n) is 8.02. The van der Waals surface area contributed by atoms with Crippen molar-refractivity contribution in [1.82, 2.24) is 14.7 Å². The first-order valence-electron chi connectivity index (χ1n) is 9.39. The van der Waals surface area contributed by atoms with Gasteiger partial charge in [0, 0.05) is 25.2 Å². The van der Waals surface area contributed by atoms with Gasteiger partial charge in [0.25, 0.3) is 0 Å². The molecule has 26 heavy (non-hydrogen) atoms. The molecule has 0 bridgehead atoms. The predicted octanol–water partition coefficient (Wildman–Crippen LogP) is 1.24. The summed E-state index contributed by atoms with van der Waals surface area (Å²) in [6.07, 6.45) is 0.0915. The van der Waals surface area contributed by atoms with Gasteiger partial charge in [0.05, 0.1) is 29.5 Å². The number of carbonyl (C=O) groups is 2. The van der Waals surface area contributed by atoms with Crippen LogP contribution in [0.25, 0.3) is 0 Å². The number of amides is 1. The van der Waals surface area contributed by atoms with Crippen molar-refractivity contribution in [3.05, 3.63) is 17.0 Å². The van der Waals surface area contributed by atoms with Crippen LogP contribution in [0, 0.1) is 25.7 Å². The fourth-order valence-electron chi connectivity index (χ4n) is 4.68. The van der Waals surface area contributed by atoms with Gasteiger partial charge in [-0.1, -0.05) is 0 Å². The van der Waals surface area contributed by atoms with Gasteiger partial charge >= 0.3 is 0 Å². The van der Waals surface area contributed by atoms with Crippen molar-refractivity contribution in [2.45, 2.75) is 65.2 Å². The quantitative estimate of drug-likeness (QED) is 0.785. The van der Waals surface area contributed by atoms with Gasteiger partial charge in [-0.3, -0.25) is 14.3 Å². The highest BCUT2D eigenvalue weighted by molar-refractivity contribution is 5.96. The Labute approximate surface area is 154 Å². The molecule has 5 atom stereocenters. The molecule has 1 saturated carbocycles. The van der Waals surface area contributed by atoms with E-state index in [1.54, 1.807) is 4.68 Å². The lowest BCUT2D eigenvalue weighted by atomic mass is 9.79. The summed E-state index contributed by atoms with van der Waals surface area (Å²) < 4.78 is 1.78. The number of aryl methyl sites for hydroxylation is 1. The van der Waals surface area contributed by atoms with Gasteiger partial charge in [0.2, 0.25) is 5.91 Å². The molecule has 2 fully saturated rings. The first kappa shape index (κ1) is 19.0. The van der Waals surface area contributed by atoms with Crippen molar-refractivity contribution in [3.8, 4) is 0 Å². The van der Waals surface area contributed by atoms with Crippen LogP contribution in [0.2, 0.25) is 0 Å². The van der Waals surface area contributed by atoms with Crippen LogP contribution in [-0.4, -0.2) is 61.9 Å². The highest BCUT2D eigenvalue weighted by Gasteiger charge is 2.42. The molecule has 1 amide bonds. The first-order chi connectivity index (χ1) is 12.2. The van der Waals surface area contributed by atoms with Crippen LogP contribution in [0.3, 0.4) is 0 Å². The van der Waals surface area contributed by atoms with Gasteiger partial charge < -0.3 is 15.1 Å². The third-order valence-corrected chi connectivity index (χ3v) is 6.03. The molecular formula is C19H29N3O4. The lowest BCUT2D eigenvalue weighted by Crippen LogP contribution is -2.38. The lowest BCUT2D eigenvalue weighted by molar-refractivity contribution is -0.131. The second kappa shape index (κ2) is 7.12. The van der Waals surface area contributed by atoms with E-state index in [2.05, 4.69) is 5.10 Å². The van der Waals surface area contributed by atoms with Crippen LogP contribution in [0.4, 0.5) is 0 Å². The summed E-state index contributed by atoms with van der Waals surface area (Å²) in [5.74, 6) is 0.592. The highest BCUT2D eigenvalue weighted by atomic mass is 16.3. The van der Waals surface area contributed by atoms with Gasteiger partial charge in [-0.15, -0.1) is 0 Å². The second-order valence-corrected chi connectivity index (χ2v) is 8.02. The maximum Gasteiger partial charge on any atom is 0.224 e. The van der Waals surface area contributed by atoms with Crippen LogP contribution < -0.4 is 0 Å². The molecule has 1 unspecified atom stereocenters. The molecule has 1 aliphatic carbocycles. The average Bonchev–Trinajstić information content (AvgIpc) is 3.08. The molecule has 7 nitrogen and oxygen atoms in total. The van der Waals surface area contributed by atoms with E-state index < -0.39 is 12.2 Å². The first-order valence-corrected chi connectivity index (χ1v) is 9.39. The summed E-state index contributed by atoms with van der Waals surface area (Å²) >= 11 is 0. The number of aliphatic hydroxyl groups is 2. The molecule has 1 aromatic rings. The Hall–Kier alpha value is -1.73. The Kier molecular flexibility index (Phi) is 5.21. The van der Waals surface area contributed by atoms with Gasteiger partial charge in [0.15, 0.2) is 5.78 Å². The summed E-state index contributed by atoms with van der Waals surface area (Å²) in [6.45, 7) is 8.46. The zero-order chi connectivity index (χ0) is 19.2. The summed E-state index contributed by atoms with van der Waals surface area (Å²) in [4.78, 5) is 26.4. The van der Waals surface area contributed by atoms with E-state index >= 15 is 0 Å². The number of carbonyl (C=O) groups excluding carboxylic acids is 2. The smallest absolute Gasteiger partial charge is 0.224 e. The largest absolute Gasteiger partial charge is 0.390 e. The molecule has 1 aliphatic heterocycles. The Bertz CT molecular complexity index is 696. The molecule has 1 saturated heterocycles. The minimum Gasteiger partial charge on any atom is -0.390 e. The molecule has 144 valence electrons. The number of rotatable bonds is 4. The van der Waals surface area contributed by atoms with Gasteiger partial charge in [-0.2, -0.15) is 5.10 Å². The summed E-state index contributed by atoms with van der Waals surface area (Å²) in [7, 11) is 0. The predicted molar refractivity (Wildman–Crippen MR) is 95.8 cm³/mol. The fraction of sp³-hybridized carbons (Fsp3) is 0.737. The molecule has 3 rings (SSSR count). The standard InChI is InChI=1S/C19H29N3O4/c1-10(22-12(3)19(13(4)23)11(2)20-22)5-18(26)21-8-14-6-16(24)17(25)7-15(14)9-21/h10,14-17,24-25H,5-9H2,1-4H3/t10?,14-,15+,16-,17-/m0/s1. The normalized spacial score (nSPS) is 29.5. The number of hydrogen-bond donors (Lipinski definition) is 2. The highest BCUT2D eigenvalue weighted by Crippen LogP contribution is 2.37. The van der Waals surface area contributed by atoms with Crippen molar-refractivity contribution in [2.75, 3.05) is 13.1 Å². The number of fused-ring (bicyclic) bond motifs is 1. The molecule has 2 heterocycles. The van der Waals surface area contributed by atoms with Crippen molar-refractivity contribution in [1.29, 1.82) is 0 Å². The monoisotopic (exact) mass is 363 g/mol. The molecule has 2 N–H and O–H groups in total. The van der Waals surface area contributed by atoms with E-state index in [0.717, 1.165) is 5.69 Å². The summed E-state index contributed by atoms with van der Waals surface area (Å²) in [6, 6.07) is -0.131. The maximum atomic E-state index is 12.8. The molecule has 0 radical (unpaired) electrons. The third-order valence-electron chi connectivity index (χ3n) is 6.03. The van der Waals surface area contributed by atoms with Crippen LogP contribution in [-0.2, 0) is 4.79 Å². The Morgan fingerprint density at radius 2 is 1.69 bits per heavy atom. The van der Waals surface area contributed by atoms with Crippen molar-refractivity contribution < 1.29 is 19.8 Å². The van der Waals surface area contributed by atoms with Crippen LogP contribution in [0.1, 0.15) is 60.9 Å². The van der Waals surface area contributed by atoms with Crippen LogP contribution in [0.5, 0.6) is 0 Å². The maximum absolute atomic E-state index is 12.8. The van der Waals surface area contributed by atoms with E-state index in [1.807, 2.05) is 25.7 Å². The molecular weight excluding hydrogens is 334 g/mol. The number of Topliss-reactive ketones (excluding diaryl/α,β-unsaturated/α-hetero) is 1. The molecule has 2 aliphatic rings. The van der Waals surface area contributed by atoms with E-state index in [-0.39, 0.29) is 29.6 Å². The van der Waals surface area contributed by atoms with E-state index in [9.17, 15) is 19.8 Å². The molecule has 0 aromatic carbocycles. The molecule has 1 aromatic heterocycles. The lowest BCUT2D eigenvalue weighted by Gasteiger charge is -2.31. The Balaban J connectivity index is 1.66. The number of aliphatic hydroxyl groups excluding tert-OH is 2. The zero-order valence-electron chi connectivity index (χ0n) is 16.0. The number of nitrogens with zero attached hydrogens (tertiary/aromatic N) is 3. The SMILES string of the molecule is CC(=O)c1c(C)nn(C(C)CC(=O)N2C[C@H]3C[C@H](O)[C@@H](O)C[C@H]3C2)c1C. The van der Waals surface area contributed by atoms with E-state index in [1.165, 1.54) is 6.92 Å². The number of likely N-dealkylation sites (tertiary alicyclic amines) is 1. The summed E-state index contributed by atoms with van der Waals surface area (Å²) in [5.41, 5.74) is 2.14. The number of hydrogen-bond acceptors (Lipinski definition) is 5. The Morgan fingerprint density at radius 3 is 2.15 bits per heavy atom.